The topological polar surface area (TPSA) is 29.1 Å². The Balaban J connectivity index is 2.32. The summed E-state index contributed by atoms with van der Waals surface area (Å²) in [4.78, 5) is 12.0. The Labute approximate surface area is 96.1 Å². The zero-order valence-corrected chi connectivity index (χ0v) is 9.47. The van der Waals surface area contributed by atoms with Crippen LogP contribution in [-0.4, -0.2) is 12.3 Å². The molecule has 0 aliphatic carbocycles. The molecule has 2 rings (SSSR count). The maximum Gasteiger partial charge on any atom is 0.175 e. The van der Waals surface area contributed by atoms with E-state index < -0.39 is 0 Å². The lowest BCUT2D eigenvalue weighted by atomic mass is 9.92. The molecular formula is C14H15NO. The third-order valence-corrected chi connectivity index (χ3v) is 2.87. The summed E-state index contributed by atoms with van der Waals surface area (Å²) < 4.78 is 0. The molecule has 0 spiro atoms. The second-order valence-corrected chi connectivity index (χ2v) is 3.90. The van der Waals surface area contributed by atoms with Gasteiger partial charge in [0.1, 0.15) is 0 Å². The Hall–Kier alpha value is -1.59. The maximum atomic E-state index is 12.0. The summed E-state index contributed by atoms with van der Waals surface area (Å²) in [6.45, 7) is 3.59. The molecule has 82 valence electrons. The van der Waals surface area contributed by atoms with Crippen molar-refractivity contribution in [3.63, 3.8) is 0 Å². The summed E-state index contributed by atoms with van der Waals surface area (Å²) in [6, 6.07) is 5.96. The fourth-order valence-electron chi connectivity index (χ4n) is 2.06. The van der Waals surface area contributed by atoms with Gasteiger partial charge in [-0.05, 0) is 31.0 Å². The number of hydrogen-bond donors (Lipinski definition) is 1. The van der Waals surface area contributed by atoms with Gasteiger partial charge in [-0.25, -0.2) is 0 Å². The van der Waals surface area contributed by atoms with E-state index in [9.17, 15) is 4.79 Å². The van der Waals surface area contributed by atoms with Gasteiger partial charge in [0.15, 0.2) is 5.78 Å². The zero-order chi connectivity index (χ0) is 11.4. The van der Waals surface area contributed by atoms with Gasteiger partial charge in [-0.3, -0.25) is 4.79 Å². The average Bonchev–Trinajstić information content (AvgIpc) is 2.35. The van der Waals surface area contributed by atoms with Crippen LogP contribution in [0.15, 0.2) is 18.2 Å². The maximum absolute atomic E-state index is 12.0. The summed E-state index contributed by atoms with van der Waals surface area (Å²) in [7, 11) is 0. The van der Waals surface area contributed by atoms with Crippen LogP contribution in [0.5, 0.6) is 0 Å². The number of hydrogen-bond acceptors (Lipinski definition) is 2. The predicted octanol–water partition coefficient (Wildman–Crippen LogP) is 1.93. The van der Waals surface area contributed by atoms with Gasteiger partial charge in [-0.1, -0.05) is 24.1 Å². The van der Waals surface area contributed by atoms with Gasteiger partial charge in [0, 0.05) is 12.1 Å². The van der Waals surface area contributed by atoms with Gasteiger partial charge in [0.2, 0.25) is 0 Å². The lowest BCUT2D eigenvalue weighted by molar-refractivity contribution is 0.0997. The second-order valence-electron chi connectivity index (χ2n) is 3.90. The smallest absolute Gasteiger partial charge is 0.175 e. The largest absolute Gasteiger partial charge is 0.312 e. The zero-order valence-electron chi connectivity index (χ0n) is 9.47. The van der Waals surface area contributed by atoms with E-state index >= 15 is 0 Å². The number of benzene rings is 1. The number of carbonyl (C=O) groups excluding carboxylic acids is 1. The molecule has 2 nitrogen and oxygen atoms in total. The highest BCUT2D eigenvalue weighted by Crippen LogP contribution is 2.19. The lowest BCUT2D eigenvalue weighted by Crippen LogP contribution is -2.25. The third kappa shape index (κ3) is 2.15. The van der Waals surface area contributed by atoms with Gasteiger partial charge >= 0.3 is 0 Å². The summed E-state index contributed by atoms with van der Waals surface area (Å²) in [5.41, 5.74) is 3.33. The van der Waals surface area contributed by atoms with E-state index in [1.54, 1.807) is 6.92 Å². The van der Waals surface area contributed by atoms with Crippen LogP contribution in [0.25, 0.3) is 0 Å². The molecule has 1 aromatic carbocycles. The monoisotopic (exact) mass is 213 g/mol. The first-order valence-corrected chi connectivity index (χ1v) is 5.57. The fourth-order valence-corrected chi connectivity index (χ4v) is 2.06. The highest BCUT2D eigenvalue weighted by atomic mass is 16.1. The normalized spacial score (nSPS) is 13.6. The minimum absolute atomic E-state index is 0.146. The van der Waals surface area contributed by atoms with Crippen molar-refractivity contribution >= 4 is 5.78 Å². The summed E-state index contributed by atoms with van der Waals surface area (Å²) in [5, 5.41) is 3.31. The number of carbonyl (C=O) groups is 1. The van der Waals surface area contributed by atoms with Crippen LogP contribution >= 0.6 is 0 Å². The van der Waals surface area contributed by atoms with Gasteiger partial charge in [0.05, 0.1) is 6.42 Å². The van der Waals surface area contributed by atoms with Crippen LogP contribution in [0, 0.1) is 11.8 Å². The van der Waals surface area contributed by atoms with E-state index in [0.29, 0.717) is 6.42 Å². The van der Waals surface area contributed by atoms with Crippen LogP contribution < -0.4 is 5.32 Å². The average molecular weight is 213 g/mol. The van der Waals surface area contributed by atoms with Gasteiger partial charge in [0.25, 0.3) is 0 Å². The van der Waals surface area contributed by atoms with Crippen LogP contribution in [0.3, 0.4) is 0 Å². The molecule has 0 fully saturated rings. The van der Waals surface area contributed by atoms with Crippen molar-refractivity contribution in [2.24, 2.45) is 0 Å². The molecule has 0 bridgehead atoms. The SMILES string of the molecule is CC#CCC(=O)c1cccc2c1CCNC2. The van der Waals surface area contributed by atoms with Crippen LogP contribution in [0.4, 0.5) is 0 Å². The number of ketones is 1. The van der Waals surface area contributed by atoms with Gasteiger partial charge < -0.3 is 5.32 Å². The molecule has 0 saturated heterocycles. The van der Waals surface area contributed by atoms with Crippen molar-refractivity contribution in [2.75, 3.05) is 6.54 Å². The van der Waals surface area contributed by atoms with E-state index in [2.05, 4.69) is 23.2 Å². The van der Waals surface area contributed by atoms with E-state index in [1.807, 2.05) is 12.1 Å². The molecular weight excluding hydrogens is 198 g/mol. The minimum atomic E-state index is 0.146. The lowest BCUT2D eigenvalue weighted by Gasteiger charge is -2.19. The van der Waals surface area contributed by atoms with Crippen molar-refractivity contribution in [3.8, 4) is 11.8 Å². The van der Waals surface area contributed by atoms with Gasteiger partial charge in [-0.2, -0.15) is 0 Å². The van der Waals surface area contributed by atoms with Crippen LogP contribution in [0.1, 0.15) is 34.8 Å². The Kier molecular flexibility index (Phi) is 3.38. The number of rotatable bonds is 2. The summed E-state index contributed by atoms with van der Waals surface area (Å²) >= 11 is 0. The predicted molar refractivity (Wildman–Crippen MR) is 64.3 cm³/mol. The van der Waals surface area contributed by atoms with Crippen molar-refractivity contribution in [1.29, 1.82) is 0 Å². The highest BCUT2D eigenvalue weighted by molar-refractivity contribution is 5.99. The Morgan fingerprint density at radius 3 is 3.19 bits per heavy atom. The van der Waals surface area contributed by atoms with Crippen molar-refractivity contribution in [3.05, 3.63) is 34.9 Å². The van der Waals surface area contributed by atoms with Crippen LogP contribution in [-0.2, 0) is 13.0 Å². The van der Waals surface area contributed by atoms with E-state index in [1.165, 1.54) is 11.1 Å². The molecule has 1 aliphatic rings. The fraction of sp³-hybridized carbons (Fsp3) is 0.357. The Bertz CT molecular complexity index is 465. The minimum Gasteiger partial charge on any atom is -0.312 e. The molecule has 1 N–H and O–H groups in total. The molecule has 1 heterocycles. The van der Waals surface area contributed by atoms with Gasteiger partial charge in [-0.15, -0.1) is 5.92 Å². The molecule has 1 aliphatic heterocycles. The number of nitrogens with one attached hydrogen (secondary N) is 1. The Morgan fingerprint density at radius 2 is 2.38 bits per heavy atom. The standard InChI is InChI=1S/C14H15NO/c1-2-3-7-14(16)13-6-4-5-11-10-15-9-8-12(11)13/h4-6,15H,7-10H2,1H3. The highest BCUT2D eigenvalue weighted by Gasteiger charge is 2.16. The number of Topliss-reactive ketones (excluding diaryl/α,β-unsaturated/α-hetero) is 1. The molecule has 0 saturated carbocycles. The van der Waals surface area contributed by atoms with Crippen molar-refractivity contribution in [1.82, 2.24) is 5.32 Å². The van der Waals surface area contributed by atoms with Crippen molar-refractivity contribution < 1.29 is 4.79 Å². The molecule has 0 amide bonds. The molecule has 0 radical (unpaired) electrons. The summed E-state index contributed by atoms with van der Waals surface area (Å²) in [6.07, 6.45) is 1.27. The first-order chi connectivity index (χ1) is 7.83. The Morgan fingerprint density at radius 1 is 1.50 bits per heavy atom. The molecule has 1 aromatic rings. The molecule has 0 atom stereocenters. The molecule has 0 unspecified atom stereocenters. The third-order valence-electron chi connectivity index (χ3n) is 2.87. The molecule has 2 heteroatoms. The van der Waals surface area contributed by atoms with E-state index in [-0.39, 0.29) is 5.78 Å². The van der Waals surface area contributed by atoms with E-state index in [0.717, 1.165) is 25.1 Å². The molecule has 16 heavy (non-hydrogen) atoms. The second kappa shape index (κ2) is 4.96. The first kappa shape index (κ1) is 10.9. The van der Waals surface area contributed by atoms with Crippen LogP contribution in [0.2, 0.25) is 0 Å². The quantitative estimate of drug-likeness (QED) is 0.601. The number of fused-ring (bicyclic) bond motifs is 1. The first-order valence-electron chi connectivity index (χ1n) is 5.57. The molecule has 0 aromatic heterocycles. The summed E-state index contributed by atoms with van der Waals surface area (Å²) in [5.74, 6) is 5.75. The van der Waals surface area contributed by atoms with Crippen molar-refractivity contribution in [2.45, 2.75) is 26.3 Å². The van der Waals surface area contributed by atoms with E-state index in [4.69, 9.17) is 0 Å².